The van der Waals surface area contributed by atoms with Gasteiger partial charge in [0, 0.05) is 54.8 Å². The first-order valence-electron chi connectivity index (χ1n) is 13.6. The van der Waals surface area contributed by atoms with Gasteiger partial charge in [-0.05, 0) is 30.2 Å². The number of amides is 3. The molecule has 0 aromatic carbocycles. The number of β-lactam (4-membered cyclic amide) rings is 1. The molecule has 222 valence electrons. The highest BCUT2D eigenvalue weighted by atomic mass is 32.2. The summed E-state index contributed by atoms with van der Waals surface area (Å²) in [5.74, 6) is -2.65. The van der Waals surface area contributed by atoms with E-state index in [2.05, 4.69) is 26.2 Å². The lowest BCUT2D eigenvalue weighted by atomic mass is 9.78. The van der Waals surface area contributed by atoms with E-state index in [9.17, 15) is 24.3 Å². The molecule has 1 aromatic rings. The normalized spacial score (nSPS) is 28.7. The Kier molecular flexibility index (Phi) is 8.17. The molecule has 17 heteroatoms. The minimum Gasteiger partial charge on any atom is -0.477 e. The van der Waals surface area contributed by atoms with Crippen LogP contribution in [-0.2, 0) is 25.7 Å². The fourth-order valence-electron chi connectivity index (χ4n) is 6.25. The second kappa shape index (κ2) is 11.6. The molecule has 4 aliphatic rings. The van der Waals surface area contributed by atoms with Crippen molar-refractivity contribution in [2.75, 3.05) is 32.7 Å². The number of carbonyl (C=O) groups excluding carboxylic acids is 3. The van der Waals surface area contributed by atoms with Crippen LogP contribution in [0.25, 0.3) is 0 Å². The molecule has 1 aromatic heterocycles. The molecule has 5 heterocycles. The number of nitrogens with zero attached hydrogens (tertiary/aromatic N) is 7. The molecule has 1 unspecified atom stereocenters. The monoisotopic (exact) mass is 589 g/mol. The predicted molar refractivity (Wildman–Crippen MR) is 146 cm³/mol. The van der Waals surface area contributed by atoms with Gasteiger partial charge >= 0.3 is 5.97 Å². The zero-order chi connectivity index (χ0) is 29.4. The van der Waals surface area contributed by atoms with Crippen LogP contribution >= 0.6 is 11.8 Å². The summed E-state index contributed by atoms with van der Waals surface area (Å²) in [6.07, 6.45) is 2.58. The van der Waals surface area contributed by atoms with E-state index in [0.717, 1.165) is 6.42 Å². The zero-order valence-electron chi connectivity index (χ0n) is 22.9. The topological polar surface area (TPSA) is 216 Å². The maximum atomic E-state index is 13.3. The van der Waals surface area contributed by atoms with E-state index in [1.54, 1.807) is 16.7 Å². The van der Waals surface area contributed by atoms with E-state index in [1.165, 1.54) is 27.7 Å². The van der Waals surface area contributed by atoms with Crippen molar-refractivity contribution in [1.82, 2.24) is 45.5 Å². The molecule has 3 fully saturated rings. The molecule has 3 saturated heterocycles. The van der Waals surface area contributed by atoms with E-state index in [1.807, 2.05) is 6.92 Å². The predicted octanol–water partition coefficient (Wildman–Crippen LogP) is -2.16. The molecule has 0 radical (unpaired) electrons. The summed E-state index contributed by atoms with van der Waals surface area (Å²) in [4.78, 5) is 56.8. The third-order valence-electron chi connectivity index (χ3n) is 8.25. The molecule has 16 nitrogen and oxygen atoms in total. The molecule has 0 spiro atoms. The molecule has 0 saturated carbocycles. The van der Waals surface area contributed by atoms with Crippen LogP contribution in [0.5, 0.6) is 0 Å². The van der Waals surface area contributed by atoms with Gasteiger partial charge in [0.05, 0.1) is 18.0 Å². The van der Waals surface area contributed by atoms with Crippen molar-refractivity contribution in [3.05, 3.63) is 16.9 Å². The molecule has 6 atom stereocenters. The van der Waals surface area contributed by atoms with Crippen LogP contribution in [-0.4, -0.2) is 126 Å². The quantitative estimate of drug-likeness (QED) is 0.125. The van der Waals surface area contributed by atoms with Gasteiger partial charge in [-0.3, -0.25) is 19.8 Å². The first-order chi connectivity index (χ1) is 19.6. The first-order valence-corrected chi connectivity index (χ1v) is 14.5. The van der Waals surface area contributed by atoms with Gasteiger partial charge in [0.2, 0.25) is 17.7 Å². The zero-order valence-corrected chi connectivity index (χ0v) is 23.7. The Morgan fingerprint density at radius 3 is 2.68 bits per heavy atom. The number of guanidine groups is 1. The number of hydrogen-bond donors (Lipinski definition) is 5. The number of aliphatic carboxylic acids is 1. The van der Waals surface area contributed by atoms with Crippen LogP contribution in [0.2, 0.25) is 0 Å². The highest BCUT2D eigenvalue weighted by molar-refractivity contribution is 8.03. The lowest BCUT2D eigenvalue weighted by Gasteiger charge is -2.47. The van der Waals surface area contributed by atoms with Crippen molar-refractivity contribution < 1.29 is 24.3 Å². The SMILES string of the molecule is CC(NC(=O)Cn1cnnn1)[C@H]1C(=O)N2C(C(=O)O)=C(S[C@@H]3CN[C@H](C(=O)N4CCCN(C(=N)N)CC4)C3)[C@H](C)[C@H]12. The summed E-state index contributed by atoms with van der Waals surface area (Å²) in [5, 5.41) is 34.5. The summed E-state index contributed by atoms with van der Waals surface area (Å²) in [6, 6.07) is -1.28. The maximum absolute atomic E-state index is 13.3. The number of aromatic nitrogens is 4. The fraction of sp³-hybridized carbons (Fsp3) is 0.667. The summed E-state index contributed by atoms with van der Waals surface area (Å²) >= 11 is 1.42. The smallest absolute Gasteiger partial charge is 0.353 e. The van der Waals surface area contributed by atoms with Gasteiger partial charge in [-0.1, -0.05) is 6.92 Å². The van der Waals surface area contributed by atoms with Gasteiger partial charge in [0.15, 0.2) is 5.96 Å². The van der Waals surface area contributed by atoms with Crippen molar-refractivity contribution in [2.45, 2.75) is 56.6 Å². The van der Waals surface area contributed by atoms with E-state index >= 15 is 0 Å². The van der Waals surface area contributed by atoms with Crippen LogP contribution in [0, 0.1) is 17.2 Å². The molecule has 3 amide bonds. The van der Waals surface area contributed by atoms with Gasteiger partial charge in [-0.2, -0.15) is 0 Å². The van der Waals surface area contributed by atoms with Crippen LogP contribution in [0.1, 0.15) is 26.7 Å². The summed E-state index contributed by atoms with van der Waals surface area (Å²) in [6.45, 7) is 6.32. The Hall–Kier alpha value is -3.73. The largest absolute Gasteiger partial charge is 0.477 e. The van der Waals surface area contributed by atoms with Gasteiger partial charge in [0.1, 0.15) is 18.6 Å². The fourth-order valence-corrected chi connectivity index (χ4v) is 7.72. The van der Waals surface area contributed by atoms with Crippen molar-refractivity contribution in [1.29, 1.82) is 5.41 Å². The summed E-state index contributed by atoms with van der Waals surface area (Å²) < 4.78 is 1.27. The van der Waals surface area contributed by atoms with Gasteiger partial charge < -0.3 is 36.2 Å². The van der Waals surface area contributed by atoms with Crippen LogP contribution in [0.3, 0.4) is 0 Å². The molecule has 6 N–H and O–H groups in total. The molecule has 5 rings (SSSR count). The minimum absolute atomic E-state index is 0.00397. The Balaban J connectivity index is 1.21. The number of nitrogens with two attached hydrogens (primary N) is 1. The number of carbonyl (C=O) groups is 4. The highest BCUT2D eigenvalue weighted by Gasteiger charge is 2.60. The van der Waals surface area contributed by atoms with E-state index in [4.69, 9.17) is 11.1 Å². The summed E-state index contributed by atoms with van der Waals surface area (Å²) in [5.41, 5.74) is 5.61. The van der Waals surface area contributed by atoms with E-state index in [0.29, 0.717) is 44.0 Å². The van der Waals surface area contributed by atoms with Crippen molar-refractivity contribution >= 4 is 41.4 Å². The number of thioether (sulfide) groups is 1. The first kappa shape index (κ1) is 28.8. The number of carboxylic acids is 1. The van der Waals surface area contributed by atoms with Gasteiger partial charge in [0.25, 0.3) is 0 Å². The second-order valence-corrected chi connectivity index (χ2v) is 12.2. The molecule has 4 aliphatic heterocycles. The number of hydrogen-bond acceptors (Lipinski definition) is 10. The Labute approximate surface area is 240 Å². The Morgan fingerprint density at radius 1 is 1.27 bits per heavy atom. The second-order valence-electron chi connectivity index (χ2n) is 10.9. The average molecular weight is 590 g/mol. The third-order valence-corrected chi connectivity index (χ3v) is 9.76. The molecular formula is C24H35N11O5S. The van der Waals surface area contributed by atoms with Crippen molar-refractivity contribution in [3.8, 4) is 0 Å². The number of tetrazole rings is 1. The maximum Gasteiger partial charge on any atom is 0.353 e. The highest BCUT2D eigenvalue weighted by Crippen LogP contribution is 2.51. The molecule has 41 heavy (non-hydrogen) atoms. The molecule has 0 aliphatic carbocycles. The number of carboxylic acid groups (broad SMARTS) is 1. The lowest BCUT2D eigenvalue weighted by Crippen LogP contribution is -2.66. The lowest BCUT2D eigenvalue weighted by molar-refractivity contribution is -0.158. The van der Waals surface area contributed by atoms with Crippen LogP contribution < -0.4 is 16.4 Å². The van der Waals surface area contributed by atoms with Gasteiger partial charge in [-0.15, -0.1) is 16.9 Å². The summed E-state index contributed by atoms with van der Waals surface area (Å²) in [7, 11) is 0. The van der Waals surface area contributed by atoms with Crippen molar-refractivity contribution in [3.63, 3.8) is 0 Å². The minimum atomic E-state index is -1.16. The van der Waals surface area contributed by atoms with Gasteiger partial charge in [-0.25, -0.2) is 9.48 Å². The molecular weight excluding hydrogens is 554 g/mol. The standard InChI is InChI=1S/C24H35N11O5S/c1-12-18-17(13(2)29-16(36)10-34-11-28-30-31-34)22(38)35(18)19(23(39)40)20(12)41-14-8-15(27-9-14)21(37)32-4-3-5-33(7-6-32)24(25)26/h11-15,17-18,27H,3-10H2,1-2H3,(H3,25,26)(H,29,36)(H,39,40)/t12-,13?,14+,15+,17-,18-/m1/s1. The number of fused-ring (bicyclic) bond motifs is 1. The van der Waals surface area contributed by atoms with Crippen LogP contribution in [0.4, 0.5) is 0 Å². The Bertz CT molecular complexity index is 1260. The average Bonchev–Trinajstić information content (AvgIpc) is 3.59. The van der Waals surface area contributed by atoms with E-state index in [-0.39, 0.29) is 59.2 Å². The number of rotatable bonds is 8. The van der Waals surface area contributed by atoms with Crippen molar-refractivity contribution in [2.24, 2.45) is 17.6 Å². The third kappa shape index (κ3) is 5.59. The van der Waals surface area contributed by atoms with E-state index < -0.39 is 17.9 Å². The Morgan fingerprint density at radius 2 is 2.00 bits per heavy atom. The number of nitrogens with one attached hydrogen (secondary N) is 3. The van der Waals surface area contributed by atoms with Crippen LogP contribution in [0.15, 0.2) is 16.9 Å². The molecule has 0 bridgehead atoms.